The van der Waals surface area contributed by atoms with E-state index in [4.69, 9.17) is 11.5 Å². The Hall–Kier alpha value is -2.47. The molecule has 2 aromatic rings. The highest BCUT2D eigenvalue weighted by molar-refractivity contribution is 5.87. The van der Waals surface area contributed by atoms with Crippen LogP contribution in [0, 0.1) is 0 Å². The number of amides is 2. The number of fused-ring (bicyclic) bond motifs is 1. The second-order valence-corrected chi connectivity index (χ2v) is 4.81. The van der Waals surface area contributed by atoms with Crippen molar-refractivity contribution in [2.75, 3.05) is 6.54 Å². The summed E-state index contributed by atoms with van der Waals surface area (Å²) in [6.45, 7) is 0.432. The predicted molar refractivity (Wildman–Crippen MR) is 80.2 cm³/mol. The van der Waals surface area contributed by atoms with Crippen molar-refractivity contribution in [3.05, 3.63) is 42.1 Å². The molecule has 5 N–H and O–H groups in total. The van der Waals surface area contributed by atoms with Crippen LogP contribution in [0.4, 0.5) is 0 Å². The summed E-state index contributed by atoms with van der Waals surface area (Å²) in [5.41, 5.74) is 12.5. The summed E-state index contributed by atoms with van der Waals surface area (Å²) in [5.74, 6) is -0.960. The zero-order valence-electron chi connectivity index (χ0n) is 11.6. The van der Waals surface area contributed by atoms with Gasteiger partial charge >= 0.3 is 0 Å². The number of nitrogens with two attached hydrogens (primary N) is 2. The summed E-state index contributed by atoms with van der Waals surface area (Å²) in [7, 11) is 0. The van der Waals surface area contributed by atoms with Gasteiger partial charge in [-0.05, 0) is 18.1 Å². The van der Waals surface area contributed by atoms with Gasteiger partial charge in [-0.15, -0.1) is 0 Å². The van der Waals surface area contributed by atoms with E-state index in [2.05, 4.69) is 10.3 Å². The lowest BCUT2D eigenvalue weighted by atomic mass is 10.1. The van der Waals surface area contributed by atoms with Crippen LogP contribution in [0.3, 0.4) is 0 Å². The molecule has 1 atom stereocenters. The van der Waals surface area contributed by atoms with Crippen LogP contribution >= 0.6 is 0 Å². The molecule has 0 spiro atoms. The number of para-hydroxylation sites is 1. The molecule has 0 radical (unpaired) electrons. The highest BCUT2D eigenvalue weighted by atomic mass is 16.2. The molecule has 0 saturated heterocycles. The van der Waals surface area contributed by atoms with Gasteiger partial charge in [-0.3, -0.25) is 14.6 Å². The molecular formula is C15H18N4O2. The molecule has 0 fully saturated rings. The van der Waals surface area contributed by atoms with E-state index in [1.54, 1.807) is 6.20 Å². The van der Waals surface area contributed by atoms with E-state index < -0.39 is 11.9 Å². The van der Waals surface area contributed by atoms with Crippen LogP contribution in [0.25, 0.3) is 10.9 Å². The van der Waals surface area contributed by atoms with Crippen LogP contribution in [0.1, 0.15) is 12.0 Å². The fraction of sp³-hybridized carbons (Fsp3) is 0.267. The average molecular weight is 286 g/mol. The monoisotopic (exact) mass is 286 g/mol. The second-order valence-electron chi connectivity index (χ2n) is 4.81. The van der Waals surface area contributed by atoms with Crippen molar-refractivity contribution in [1.82, 2.24) is 10.3 Å². The van der Waals surface area contributed by atoms with Gasteiger partial charge in [0, 0.05) is 18.1 Å². The molecule has 0 bridgehead atoms. The molecule has 1 unspecified atom stereocenters. The third-order valence-corrected chi connectivity index (χ3v) is 3.17. The van der Waals surface area contributed by atoms with Crippen LogP contribution in [-0.4, -0.2) is 29.4 Å². The summed E-state index contributed by atoms with van der Waals surface area (Å²) < 4.78 is 0. The SMILES string of the molecule is NC(=O)CC(N)C(=O)NCCc1cccc2cccnc12. The molecule has 21 heavy (non-hydrogen) atoms. The topological polar surface area (TPSA) is 111 Å². The van der Waals surface area contributed by atoms with E-state index in [9.17, 15) is 9.59 Å². The van der Waals surface area contributed by atoms with Crippen molar-refractivity contribution < 1.29 is 9.59 Å². The first kappa shape index (κ1) is 14.9. The molecule has 0 aliphatic heterocycles. The molecule has 0 aliphatic carbocycles. The van der Waals surface area contributed by atoms with E-state index in [0.29, 0.717) is 13.0 Å². The third kappa shape index (κ3) is 4.00. The molecular weight excluding hydrogens is 268 g/mol. The number of aromatic nitrogens is 1. The number of pyridine rings is 1. The Morgan fingerprint density at radius 1 is 1.24 bits per heavy atom. The minimum absolute atomic E-state index is 0.151. The number of benzene rings is 1. The fourth-order valence-electron chi connectivity index (χ4n) is 2.13. The quantitative estimate of drug-likeness (QED) is 0.699. The zero-order chi connectivity index (χ0) is 15.2. The smallest absolute Gasteiger partial charge is 0.237 e. The number of carbonyl (C=O) groups excluding carboxylic acids is 2. The summed E-state index contributed by atoms with van der Waals surface area (Å²) in [6.07, 6.45) is 2.23. The number of primary amides is 1. The number of rotatable bonds is 6. The van der Waals surface area contributed by atoms with Crippen molar-refractivity contribution in [2.45, 2.75) is 18.9 Å². The second kappa shape index (κ2) is 6.81. The van der Waals surface area contributed by atoms with Crippen LogP contribution < -0.4 is 16.8 Å². The predicted octanol–water partition coefficient (Wildman–Crippen LogP) is 0.0962. The molecule has 110 valence electrons. The average Bonchev–Trinajstić information content (AvgIpc) is 2.46. The number of nitrogens with one attached hydrogen (secondary N) is 1. The van der Waals surface area contributed by atoms with Crippen molar-refractivity contribution in [1.29, 1.82) is 0 Å². The lowest BCUT2D eigenvalue weighted by Crippen LogP contribution is -2.43. The summed E-state index contributed by atoms with van der Waals surface area (Å²) in [4.78, 5) is 26.7. The van der Waals surface area contributed by atoms with Gasteiger partial charge in [0.05, 0.1) is 18.0 Å². The van der Waals surface area contributed by atoms with Crippen LogP contribution in [0.15, 0.2) is 36.5 Å². The van der Waals surface area contributed by atoms with Gasteiger partial charge in [-0.1, -0.05) is 24.3 Å². The van der Waals surface area contributed by atoms with E-state index in [1.807, 2.05) is 30.3 Å². The number of hydrogen-bond acceptors (Lipinski definition) is 4. The van der Waals surface area contributed by atoms with Gasteiger partial charge < -0.3 is 16.8 Å². The van der Waals surface area contributed by atoms with Gasteiger partial charge in [0.15, 0.2) is 0 Å². The normalized spacial score (nSPS) is 12.0. The Labute approximate surface area is 122 Å². The van der Waals surface area contributed by atoms with Gasteiger partial charge in [0.25, 0.3) is 0 Å². The van der Waals surface area contributed by atoms with E-state index in [0.717, 1.165) is 16.5 Å². The first-order valence-corrected chi connectivity index (χ1v) is 6.72. The first-order valence-electron chi connectivity index (χ1n) is 6.72. The fourth-order valence-corrected chi connectivity index (χ4v) is 2.13. The molecule has 1 aromatic carbocycles. The lowest BCUT2D eigenvalue weighted by Gasteiger charge is -2.11. The van der Waals surface area contributed by atoms with Gasteiger partial charge in [-0.25, -0.2) is 0 Å². The Morgan fingerprint density at radius 2 is 2.00 bits per heavy atom. The van der Waals surface area contributed by atoms with Crippen molar-refractivity contribution in [2.24, 2.45) is 11.5 Å². The first-order chi connectivity index (χ1) is 10.1. The maximum Gasteiger partial charge on any atom is 0.237 e. The maximum absolute atomic E-state index is 11.7. The van der Waals surface area contributed by atoms with Gasteiger partial charge in [0.2, 0.25) is 11.8 Å². The Kier molecular flexibility index (Phi) is 4.84. The van der Waals surface area contributed by atoms with E-state index >= 15 is 0 Å². The number of nitrogens with zero attached hydrogens (tertiary/aromatic N) is 1. The lowest BCUT2D eigenvalue weighted by molar-refractivity contribution is -0.126. The molecule has 2 rings (SSSR count). The molecule has 0 aliphatic rings. The summed E-state index contributed by atoms with van der Waals surface area (Å²) >= 11 is 0. The molecule has 2 amide bonds. The van der Waals surface area contributed by atoms with E-state index in [1.165, 1.54) is 0 Å². The van der Waals surface area contributed by atoms with Crippen LogP contribution in [0.2, 0.25) is 0 Å². The van der Waals surface area contributed by atoms with Crippen molar-refractivity contribution >= 4 is 22.7 Å². The number of hydrogen-bond donors (Lipinski definition) is 3. The molecule has 6 nitrogen and oxygen atoms in total. The van der Waals surface area contributed by atoms with Gasteiger partial charge in [-0.2, -0.15) is 0 Å². The van der Waals surface area contributed by atoms with Crippen LogP contribution in [0.5, 0.6) is 0 Å². The minimum atomic E-state index is -0.895. The highest BCUT2D eigenvalue weighted by Crippen LogP contribution is 2.15. The highest BCUT2D eigenvalue weighted by Gasteiger charge is 2.15. The molecule has 0 saturated carbocycles. The Morgan fingerprint density at radius 3 is 2.76 bits per heavy atom. The largest absolute Gasteiger partial charge is 0.370 e. The molecule has 6 heteroatoms. The third-order valence-electron chi connectivity index (χ3n) is 3.17. The maximum atomic E-state index is 11.7. The van der Waals surface area contributed by atoms with Crippen molar-refractivity contribution in [3.63, 3.8) is 0 Å². The van der Waals surface area contributed by atoms with Gasteiger partial charge in [0.1, 0.15) is 0 Å². The summed E-state index contributed by atoms with van der Waals surface area (Å²) in [5, 5.41) is 3.76. The van der Waals surface area contributed by atoms with E-state index in [-0.39, 0.29) is 12.3 Å². The summed E-state index contributed by atoms with van der Waals surface area (Å²) in [6, 6.07) is 8.91. The Bertz CT molecular complexity index is 652. The Balaban J connectivity index is 1.93. The molecule has 1 heterocycles. The molecule has 1 aromatic heterocycles. The zero-order valence-corrected chi connectivity index (χ0v) is 11.6. The minimum Gasteiger partial charge on any atom is -0.370 e. The number of carbonyl (C=O) groups is 2. The standard InChI is InChI=1S/C15H18N4O2/c16-12(9-13(17)20)15(21)19-8-6-11-4-1-3-10-5-2-7-18-14(10)11/h1-5,7,12H,6,8-9,16H2,(H2,17,20)(H,19,21). The van der Waals surface area contributed by atoms with Crippen LogP contribution in [-0.2, 0) is 16.0 Å². The van der Waals surface area contributed by atoms with Crippen molar-refractivity contribution in [3.8, 4) is 0 Å².